The van der Waals surface area contributed by atoms with Crippen LogP contribution >= 0.6 is 0 Å². The number of amides is 1. The minimum absolute atomic E-state index is 0.0422. The molecule has 0 fully saturated rings. The highest BCUT2D eigenvalue weighted by Gasteiger charge is 2.12. The quantitative estimate of drug-likeness (QED) is 0.858. The molecule has 0 saturated carbocycles. The van der Waals surface area contributed by atoms with Gasteiger partial charge in [-0.2, -0.15) is 0 Å². The molecule has 122 valence electrons. The molecule has 1 amide bonds. The maximum absolute atomic E-state index is 11.8. The van der Waals surface area contributed by atoms with Crippen LogP contribution in [0.2, 0.25) is 0 Å². The first-order valence-corrected chi connectivity index (χ1v) is 7.95. The number of rotatable bonds is 6. The summed E-state index contributed by atoms with van der Waals surface area (Å²) in [4.78, 5) is 15.8. The zero-order chi connectivity index (χ0) is 16.7. The van der Waals surface area contributed by atoms with E-state index in [4.69, 9.17) is 0 Å². The maximum Gasteiger partial charge on any atom is 0.222 e. The average Bonchev–Trinajstić information content (AvgIpc) is 2.53. The second-order valence-electron chi connectivity index (χ2n) is 6.64. The van der Waals surface area contributed by atoms with Gasteiger partial charge in [0, 0.05) is 37.6 Å². The number of hydrogen-bond acceptors (Lipinski definition) is 3. The molecule has 0 aliphatic heterocycles. The van der Waals surface area contributed by atoms with Crippen molar-refractivity contribution in [2.24, 2.45) is 0 Å². The highest BCUT2D eigenvalue weighted by molar-refractivity contribution is 5.76. The third kappa shape index (κ3) is 5.74. The van der Waals surface area contributed by atoms with Crippen LogP contribution in [0.5, 0.6) is 0 Å². The topological polar surface area (TPSA) is 54.0 Å². The van der Waals surface area contributed by atoms with E-state index in [1.807, 2.05) is 12.1 Å². The number of anilines is 1. The SMILES string of the molecule is CC(C)(C)c1ccc(NCCC(=O)NCc2ccncc2)cc1. The van der Waals surface area contributed by atoms with Crippen LogP contribution in [-0.4, -0.2) is 17.4 Å². The number of nitrogens with zero attached hydrogens (tertiary/aromatic N) is 1. The smallest absolute Gasteiger partial charge is 0.222 e. The van der Waals surface area contributed by atoms with E-state index in [1.54, 1.807) is 12.4 Å². The van der Waals surface area contributed by atoms with E-state index in [0.717, 1.165) is 11.3 Å². The van der Waals surface area contributed by atoms with Gasteiger partial charge in [-0.05, 0) is 40.8 Å². The second kappa shape index (κ2) is 7.77. The molecule has 1 aromatic heterocycles. The normalized spacial score (nSPS) is 11.1. The fourth-order valence-corrected chi connectivity index (χ4v) is 2.20. The fourth-order valence-electron chi connectivity index (χ4n) is 2.20. The zero-order valence-corrected chi connectivity index (χ0v) is 14.1. The molecule has 2 N–H and O–H groups in total. The number of carbonyl (C=O) groups is 1. The minimum atomic E-state index is 0.0422. The average molecular weight is 311 g/mol. The van der Waals surface area contributed by atoms with Gasteiger partial charge in [0.05, 0.1) is 0 Å². The second-order valence-corrected chi connectivity index (χ2v) is 6.64. The summed E-state index contributed by atoms with van der Waals surface area (Å²) in [5.41, 5.74) is 3.56. The molecule has 1 aromatic carbocycles. The molecule has 0 spiro atoms. The highest BCUT2D eigenvalue weighted by atomic mass is 16.1. The van der Waals surface area contributed by atoms with E-state index in [2.05, 4.69) is 60.7 Å². The molecule has 23 heavy (non-hydrogen) atoms. The first-order chi connectivity index (χ1) is 10.9. The highest BCUT2D eigenvalue weighted by Crippen LogP contribution is 2.23. The Morgan fingerprint density at radius 1 is 1.04 bits per heavy atom. The van der Waals surface area contributed by atoms with Crippen molar-refractivity contribution in [1.29, 1.82) is 0 Å². The summed E-state index contributed by atoms with van der Waals surface area (Å²) in [5, 5.41) is 6.19. The summed E-state index contributed by atoms with van der Waals surface area (Å²) < 4.78 is 0. The molecular formula is C19H25N3O. The Hall–Kier alpha value is -2.36. The molecule has 0 saturated heterocycles. The van der Waals surface area contributed by atoms with Crippen molar-refractivity contribution < 1.29 is 4.79 Å². The Balaban J connectivity index is 1.71. The number of aromatic nitrogens is 1. The molecule has 2 rings (SSSR count). The van der Waals surface area contributed by atoms with Crippen molar-refractivity contribution in [1.82, 2.24) is 10.3 Å². The van der Waals surface area contributed by atoms with Gasteiger partial charge in [0.25, 0.3) is 0 Å². The van der Waals surface area contributed by atoms with Crippen molar-refractivity contribution in [2.45, 2.75) is 39.2 Å². The van der Waals surface area contributed by atoms with Crippen molar-refractivity contribution in [3.63, 3.8) is 0 Å². The third-order valence-electron chi connectivity index (χ3n) is 3.67. The van der Waals surface area contributed by atoms with E-state index in [1.165, 1.54) is 5.56 Å². The Bertz CT molecular complexity index is 615. The lowest BCUT2D eigenvalue weighted by molar-refractivity contribution is -0.121. The molecule has 1 heterocycles. The lowest BCUT2D eigenvalue weighted by Gasteiger charge is -2.19. The van der Waals surface area contributed by atoms with Gasteiger partial charge in [-0.3, -0.25) is 9.78 Å². The van der Waals surface area contributed by atoms with Gasteiger partial charge in [-0.15, -0.1) is 0 Å². The van der Waals surface area contributed by atoms with E-state index < -0.39 is 0 Å². The molecule has 0 bridgehead atoms. The molecule has 2 aromatic rings. The van der Waals surface area contributed by atoms with Crippen LogP contribution in [0.4, 0.5) is 5.69 Å². The van der Waals surface area contributed by atoms with Crippen molar-refractivity contribution in [3.8, 4) is 0 Å². The van der Waals surface area contributed by atoms with Crippen LogP contribution in [-0.2, 0) is 16.8 Å². The van der Waals surface area contributed by atoms with E-state index in [0.29, 0.717) is 19.5 Å². The number of pyridine rings is 1. The minimum Gasteiger partial charge on any atom is -0.385 e. The van der Waals surface area contributed by atoms with E-state index in [9.17, 15) is 4.79 Å². The van der Waals surface area contributed by atoms with Crippen LogP contribution in [0, 0.1) is 0 Å². The Labute approximate surface area is 138 Å². The lowest BCUT2D eigenvalue weighted by Crippen LogP contribution is -2.24. The van der Waals surface area contributed by atoms with Crippen LogP contribution in [0.3, 0.4) is 0 Å². The predicted octanol–water partition coefficient (Wildman–Crippen LogP) is 3.50. The molecule has 0 aliphatic carbocycles. The summed E-state index contributed by atoms with van der Waals surface area (Å²) in [6.07, 6.45) is 3.90. The molecule has 0 aliphatic rings. The Kier molecular flexibility index (Phi) is 5.74. The molecule has 0 radical (unpaired) electrons. The summed E-state index contributed by atoms with van der Waals surface area (Å²) >= 11 is 0. The largest absolute Gasteiger partial charge is 0.385 e. The monoisotopic (exact) mass is 311 g/mol. The first kappa shape index (κ1) is 17.0. The van der Waals surface area contributed by atoms with Crippen molar-refractivity contribution in [3.05, 3.63) is 59.9 Å². The van der Waals surface area contributed by atoms with Gasteiger partial charge >= 0.3 is 0 Å². The van der Waals surface area contributed by atoms with Gasteiger partial charge in [0.1, 0.15) is 0 Å². The maximum atomic E-state index is 11.8. The van der Waals surface area contributed by atoms with Crippen molar-refractivity contribution >= 4 is 11.6 Å². The molecular weight excluding hydrogens is 286 g/mol. The predicted molar refractivity (Wildman–Crippen MR) is 94.3 cm³/mol. The fraction of sp³-hybridized carbons (Fsp3) is 0.368. The number of benzene rings is 1. The van der Waals surface area contributed by atoms with Crippen LogP contribution in [0.1, 0.15) is 38.3 Å². The number of carbonyl (C=O) groups excluding carboxylic acids is 1. The first-order valence-electron chi connectivity index (χ1n) is 7.95. The number of nitrogens with one attached hydrogen (secondary N) is 2. The van der Waals surface area contributed by atoms with Gasteiger partial charge in [0.15, 0.2) is 0 Å². The Morgan fingerprint density at radius 2 is 1.70 bits per heavy atom. The van der Waals surface area contributed by atoms with Crippen LogP contribution in [0.25, 0.3) is 0 Å². The zero-order valence-electron chi connectivity index (χ0n) is 14.1. The lowest BCUT2D eigenvalue weighted by atomic mass is 9.87. The number of hydrogen-bond donors (Lipinski definition) is 2. The van der Waals surface area contributed by atoms with Crippen molar-refractivity contribution in [2.75, 3.05) is 11.9 Å². The van der Waals surface area contributed by atoms with E-state index >= 15 is 0 Å². The summed E-state index contributed by atoms with van der Waals surface area (Å²) in [6, 6.07) is 12.2. The standard InChI is InChI=1S/C19H25N3O/c1-19(2,3)16-4-6-17(7-5-16)21-13-10-18(23)22-14-15-8-11-20-12-9-15/h4-9,11-12,21H,10,13-14H2,1-3H3,(H,22,23). The van der Waals surface area contributed by atoms with Gasteiger partial charge < -0.3 is 10.6 Å². The van der Waals surface area contributed by atoms with Gasteiger partial charge in [-0.1, -0.05) is 32.9 Å². The summed E-state index contributed by atoms with van der Waals surface area (Å²) in [7, 11) is 0. The Morgan fingerprint density at radius 3 is 2.30 bits per heavy atom. The summed E-state index contributed by atoms with van der Waals surface area (Å²) in [6.45, 7) is 7.76. The molecule has 4 nitrogen and oxygen atoms in total. The molecule has 0 unspecified atom stereocenters. The summed E-state index contributed by atoms with van der Waals surface area (Å²) in [5.74, 6) is 0.0422. The van der Waals surface area contributed by atoms with E-state index in [-0.39, 0.29) is 11.3 Å². The van der Waals surface area contributed by atoms with Gasteiger partial charge in [0.2, 0.25) is 5.91 Å². The van der Waals surface area contributed by atoms with Crippen LogP contribution in [0.15, 0.2) is 48.8 Å². The van der Waals surface area contributed by atoms with Gasteiger partial charge in [-0.25, -0.2) is 0 Å². The molecule has 0 atom stereocenters. The third-order valence-corrected chi connectivity index (χ3v) is 3.67. The molecule has 4 heteroatoms. The van der Waals surface area contributed by atoms with Crippen LogP contribution < -0.4 is 10.6 Å².